The van der Waals surface area contributed by atoms with Crippen molar-refractivity contribution < 1.29 is 22.0 Å². The van der Waals surface area contributed by atoms with Crippen LogP contribution in [-0.4, -0.2) is 29.3 Å². The second kappa shape index (κ2) is 6.75. The van der Waals surface area contributed by atoms with Crippen molar-refractivity contribution in [3.63, 3.8) is 0 Å². The van der Waals surface area contributed by atoms with E-state index in [1.54, 1.807) is 6.92 Å². The van der Waals surface area contributed by atoms with Crippen LogP contribution in [0.2, 0.25) is 0 Å². The first-order chi connectivity index (χ1) is 12.2. The topological polar surface area (TPSA) is 83.0 Å². The van der Waals surface area contributed by atoms with Crippen molar-refractivity contribution in [2.24, 2.45) is 5.92 Å². The van der Waals surface area contributed by atoms with Gasteiger partial charge in [-0.3, -0.25) is 0 Å². The van der Waals surface area contributed by atoms with Crippen LogP contribution in [0.1, 0.15) is 25.3 Å². The van der Waals surface area contributed by atoms with E-state index in [2.05, 4.69) is 15.7 Å². The van der Waals surface area contributed by atoms with Crippen molar-refractivity contribution in [2.75, 3.05) is 12.4 Å². The van der Waals surface area contributed by atoms with Gasteiger partial charge in [-0.2, -0.15) is 13.2 Å². The van der Waals surface area contributed by atoms with Gasteiger partial charge in [-0.25, -0.2) is 14.3 Å². The standard InChI is InChI=1S/C16H18F4N4O2/c1-7(8-3-10(4-8)21-2)22-12-6-9(14-23-24-15(25)26-14)5-11(17)13(12)16(18,19)20/h5-8,10,21-22H,3-4H2,1-2H3,(H,24,25)/t7-,8?,10?/m0/s1. The normalized spacial score (nSPS) is 21.3. The number of aromatic nitrogens is 2. The smallest absolute Gasteiger partial charge is 0.388 e. The lowest BCUT2D eigenvalue weighted by Crippen LogP contribution is -2.45. The number of hydrogen-bond acceptors (Lipinski definition) is 5. The van der Waals surface area contributed by atoms with Crippen LogP contribution in [-0.2, 0) is 6.18 Å². The Balaban J connectivity index is 1.95. The predicted octanol–water partition coefficient (Wildman–Crippen LogP) is 2.99. The molecule has 2 aromatic rings. The summed E-state index contributed by atoms with van der Waals surface area (Å²) in [5.74, 6) is -2.45. The van der Waals surface area contributed by atoms with E-state index in [1.165, 1.54) is 0 Å². The van der Waals surface area contributed by atoms with Crippen LogP contribution in [0, 0.1) is 11.7 Å². The second-order valence-electron chi connectivity index (χ2n) is 6.45. The predicted molar refractivity (Wildman–Crippen MR) is 86.2 cm³/mol. The zero-order chi connectivity index (χ0) is 19.1. The molecule has 0 spiro atoms. The zero-order valence-corrected chi connectivity index (χ0v) is 14.1. The molecule has 0 unspecified atom stereocenters. The van der Waals surface area contributed by atoms with Crippen molar-refractivity contribution in [1.29, 1.82) is 0 Å². The lowest BCUT2D eigenvalue weighted by molar-refractivity contribution is -0.139. The van der Waals surface area contributed by atoms with Crippen LogP contribution in [0.25, 0.3) is 11.5 Å². The quantitative estimate of drug-likeness (QED) is 0.701. The summed E-state index contributed by atoms with van der Waals surface area (Å²) in [5.41, 5.74) is -1.85. The van der Waals surface area contributed by atoms with Gasteiger partial charge in [0.1, 0.15) is 11.4 Å². The fourth-order valence-corrected chi connectivity index (χ4v) is 3.15. The third-order valence-electron chi connectivity index (χ3n) is 4.73. The fraction of sp³-hybridized carbons (Fsp3) is 0.500. The highest BCUT2D eigenvalue weighted by molar-refractivity contribution is 5.66. The Morgan fingerprint density at radius 2 is 2.04 bits per heavy atom. The van der Waals surface area contributed by atoms with Gasteiger partial charge in [-0.05, 0) is 44.9 Å². The minimum absolute atomic E-state index is 0.0646. The summed E-state index contributed by atoms with van der Waals surface area (Å²) in [4.78, 5) is 11.1. The molecule has 1 aliphatic rings. The molecule has 6 nitrogen and oxygen atoms in total. The summed E-state index contributed by atoms with van der Waals surface area (Å²) in [5, 5.41) is 11.4. The number of benzene rings is 1. The molecule has 1 fully saturated rings. The van der Waals surface area contributed by atoms with Crippen molar-refractivity contribution in [2.45, 2.75) is 38.0 Å². The first-order valence-electron chi connectivity index (χ1n) is 8.09. The van der Waals surface area contributed by atoms with E-state index in [1.807, 2.05) is 12.1 Å². The highest BCUT2D eigenvalue weighted by Gasteiger charge is 2.39. The van der Waals surface area contributed by atoms with E-state index in [0.717, 1.165) is 18.9 Å². The van der Waals surface area contributed by atoms with Gasteiger partial charge in [0.2, 0.25) is 5.89 Å². The lowest BCUT2D eigenvalue weighted by Gasteiger charge is -2.39. The number of hydrogen-bond donors (Lipinski definition) is 3. The van der Waals surface area contributed by atoms with Crippen molar-refractivity contribution in [1.82, 2.24) is 15.5 Å². The summed E-state index contributed by atoms with van der Waals surface area (Å²) < 4.78 is 58.9. The van der Waals surface area contributed by atoms with Crippen molar-refractivity contribution >= 4 is 5.69 Å². The maximum atomic E-state index is 14.2. The highest BCUT2D eigenvalue weighted by Crippen LogP contribution is 2.40. The average Bonchev–Trinajstić information content (AvgIpc) is 2.90. The summed E-state index contributed by atoms with van der Waals surface area (Å²) in [6.45, 7) is 1.76. The van der Waals surface area contributed by atoms with Crippen LogP contribution in [0.15, 0.2) is 21.3 Å². The van der Waals surface area contributed by atoms with E-state index >= 15 is 0 Å². The summed E-state index contributed by atoms with van der Waals surface area (Å²) in [6.07, 6.45) is -3.23. The number of rotatable bonds is 5. The Bertz CT molecular complexity index is 840. The van der Waals surface area contributed by atoms with Crippen LogP contribution in [0.5, 0.6) is 0 Å². The molecule has 0 aliphatic heterocycles. The van der Waals surface area contributed by atoms with Crippen LogP contribution < -0.4 is 16.4 Å². The fourth-order valence-electron chi connectivity index (χ4n) is 3.15. The van der Waals surface area contributed by atoms with Crippen molar-refractivity contribution in [3.8, 4) is 11.5 Å². The van der Waals surface area contributed by atoms with E-state index in [9.17, 15) is 22.4 Å². The van der Waals surface area contributed by atoms with E-state index in [0.29, 0.717) is 12.1 Å². The van der Waals surface area contributed by atoms with E-state index < -0.39 is 29.0 Å². The molecule has 0 saturated heterocycles. The van der Waals surface area contributed by atoms with Gasteiger partial charge in [0.05, 0.1) is 5.69 Å². The van der Waals surface area contributed by atoms with Gasteiger partial charge < -0.3 is 15.1 Å². The SMILES string of the molecule is CNC1CC([C@H](C)Nc2cc(-c3n[nH]c(=O)o3)cc(F)c2C(F)(F)F)C1. The number of alkyl halides is 3. The molecule has 1 saturated carbocycles. The van der Waals surface area contributed by atoms with Gasteiger partial charge >= 0.3 is 11.9 Å². The molecule has 1 heterocycles. The Hall–Kier alpha value is -2.36. The van der Waals surface area contributed by atoms with Crippen LogP contribution in [0.3, 0.4) is 0 Å². The van der Waals surface area contributed by atoms with Crippen LogP contribution >= 0.6 is 0 Å². The molecule has 26 heavy (non-hydrogen) atoms. The number of aromatic amines is 1. The first kappa shape index (κ1) is 18.4. The highest BCUT2D eigenvalue weighted by atomic mass is 19.4. The minimum atomic E-state index is -4.87. The molecule has 3 N–H and O–H groups in total. The monoisotopic (exact) mass is 374 g/mol. The molecule has 3 rings (SSSR count). The lowest BCUT2D eigenvalue weighted by atomic mass is 9.76. The number of H-pyrrole nitrogens is 1. The molecule has 10 heteroatoms. The van der Waals surface area contributed by atoms with Gasteiger partial charge in [-0.15, -0.1) is 5.10 Å². The maximum Gasteiger partial charge on any atom is 0.434 e. The summed E-state index contributed by atoms with van der Waals surface area (Å²) >= 11 is 0. The van der Waals surface area contributed by atoms with Crippen molar-refractivity contribution in [3.05, 3.63) is 34.1 Å². The molecule has 1 aliphatic carbocycles. The van der Waals surface area contributed by atoms with E-state index in [-0.39, 0.29) is 23.4 Å². The van der Waals surface area contributed by atoms with Gasteiger partial charge in [0, 0.05) is 17.6 Å². The zero-order valence-electron chi connectivity index (χ0n) is 14.1. The Morgan fingerprint density at radius 3 is 2.58 bits per heavy atom. The largest absolute Gasteiger partial charge is 0.434 e. The molecular weight excluding hydrogens is 356 g/mol. The molecule has 0 radical (unpaired) electrons. The van der Waals surface area contributed by atoms with E-state index in [4.69, 9.17) is 4.42 Å². The first-order valence-corrected chi connectivity index (χ1v) is 8.09. The Morgan fingerprint density at radius 1 is 1.35 bits per heavy atom. The van der Waals surface area contributed by atoms with Crippen LogP contribution in [0.4, 0.5) is 23.2 Å². The molecule has 1 atom stereocenters. The second-order valence-corrected chi connectivity index (χ2v) is 6.45. The number of nitrogens with one attached hydrogen (secondary N) is 3. The minimum Gasteiger partial charge on any atom is -0.388 e. The third-order valence-corrected chi connectivity index (χ3v) is 4.73. The molecule has 0 amide bonds. The number of nitrogens with zero attached hydrogens (tertiary/aromatic N) is 1. The summed E-state index contributed by atoms with van der Waals surface area (Å²) in [6, 6.07) is 1.79. The molecular formula is C16H18F4N4O2. The third kappa shape index (κ3) is 3.59. The molecule has 142 valence electrons. The van der Waals surface area contributed by atoms with Gasteiger partial charge in [0.15, 0.2) is 0 Å². The Labute approximate surface area is 146 Å². The average molecular weight is 374 g/mol. The Kier molecular flexibility index (Phi) is 4.78. The van der Waals surface area contributed by atoms with Gasteiger partial charge in [0.25, 0.3) is 0 Å². The maximum absolute atomic E-state index is 14.2. The molecule has 1 aromatic carbocycles. The number of halogens is 4. The molecule has 0 bridgehead atoms. The number of anilines is 1. The van der Waals surface area contributed by atoms with Gasteiger partial charge in [-0.1, -0.05) is 0 Å². The molecule has 1 aromatic heterocycles. The summed E-state index contributed by atoms with van der Waals surface area (Å²) in [7, 11) is 1.83.